The first kappa shape index (κ1) is 13.0. The molecule has 1 heterocycles. The number of rotatable bonds is 2. The highest BCUT2D eigenvalue weighted by atomic mass is 15.2. The van der Waals surface area contributed by atoms with Crippen LogP contribution in [0, 0.1) is 24.2 Å². The van der Waals surface area contributed by atoms with Crippen LogP contribution in [-0.2, 0) is 0 Å². The zero-order chi connectivity index (χ0) is 13.2. The molecule has 1 aromatic rings. The fourth-order valence-corrected chi connectivity index (χ4v) is 3.12. The van der Waals surface area contributed by atoms with Crippen LogP contribution in [0.15, 0.2) is 24.3 Å². The predicted molar refractivity (Wildman–Crippen MR) is 75.6 cm³/mol. The van der Waals surface area contributed by atoms with Gasteiger partial charge in [-0.1, -0.05) is 18.2 Å². The van der Waals surface area contributed by atoms with Gasteiger partial charge in [-0.3, -0.25) is 0 Å². The van der Waals surface area contributed by atoms with Gasteiger partial charge in [-0.15, -0.1) is 0 Å². The second-order valence-corrected chi connectivity index (χ2v) is 5.79. The molecule has 1 unspecified atom stereocenters. The van der Waals surface area contributed by atoms with Crippen LogP contribution in [0.25, 0.3) is 0 Å². The molecule has 18 heavy (non-hydrogen) atoms. The summed E-state index contributed by atoms with van der Waals surface area (Å²) in [5.41, 5.74) is 2.72. The summed E-state index contributed by atoms with van der Waals surface area (Å²) in [4.78, 5) is 2.49. The van der Waals surface area contributed by atoms with Crippen LogP contribution in [0.3, 0.4) is 0 Å². The third-order valence-electron chi connectivity index (χ3n) is 4.37. The van der Waals surface area contributed by atoms with E-state index in [0.29, 0.717) is 12.3 Å². The molecule has 0 aromatic heterocycles. The molecule has 1 saturated heterocycles. The summed E-state index contributed by atoms with van der Waals surface area (Å²) >= 11 is 0. The van der Waals surface area contributed by atoms with Gasteiger partial charge in [0.15, 0.2) is 0 Å². The number of aryl methyl sites for hydroxylation is 1. The smallest absolute Gasteiger partial charge is 0.0625 e. The lowest BCUT2D eigenvalue weighted by Crippen LogP contribution is -2.53. The molecular formula is C16H22N2. The standard InChI is InChI=1S/C16H22N2/c1-13-7-4-5-9-15(13)18-12-6-8-14(10-11-17)16(18,2)3/h4-5,7,9,14H,6,8,10,12H2,1-3H3. The van der Waals surface area contributed by atoms with E-state index in [1.165, 1.54) is 24.1 Å². The van der Waals surface area contributed by atoms with E-state index in [9.17, 15) is 0 Å². The summed E-state index contributed by atoms with van der Waals surface area (Å²) in [7, 11) is 0. The van der Waals surface area contributed by atoms with Gasteiger partial charge in [0.05, 0.1) is 6.07 Å². The van der Waals surface area contributed by atoms with Crippen LogP contribution in [0.1, 0.15) is 38.7 Å². The Bertz CT molecular complexity index is 456. The Kier molecular flexibility index (Phi) is 3.61. The van der Waals surface area contributed by atoms with E-state index in [-0.39, 0.29) is 5.54 Å². The van der Waals surface area contributed by atoms with E-state index in [2.05, 4.69) is 56.0 Å². The summed E-state index contributed by atoms with van der Waals surface area (Å²) in [6.45, 7) is 7.82. The molecular weight excluding hydrogens is 220 g/mol. The molecule has 1 aliphatic rings. The summed E-state index contributed by atoms with van der Waals surface area (Å²) in [5.74, 6) is 0.468. The van der Waals surface area contributed by atoms with Crippen molar-refractivity contribution in [2.75, 3.05) is 11.4 Å². The van der Waals surface area contributed by atoms with E-state index in [1.807, 2.05) is 0 Å². The van der Waals surface area contributed by atoms with Crippen molar-refractivity contribution in [3.63, 3.8) is 0 Å². The van der Waals surface area contributed by atoms with Crippen molar-refractivity contribution in [1.29, 1.82) is 5.26 Å². The first-order chi connectivity index (χ1) is 8.57. The Morgan fingerprint density at radius 3 is 2.78 bits per heavy atom. The van der Waals surface area contributed by atoms with E-state index in [4.69, 9.17) is 5.26 Å². The summed E-state index contributed by atoms with van der Waals surface area (Å²) in [6, 6.07) is 10.9. The number of hydrogen-bond donors (Lipinski definition) is 0. The topological polar surface area (TPSA) is 27.0 Å². The lowest BCUT2D eigenvalue weighted by atomic mass is 9.77. The number of hydrogen-bond acceptors (Lipinski definition) is 2. The highest BCUT2D eigenvalue weighted by molar-refractivity contribution is 5.55. The molecule has 0 amide bonds. The zero-order valence-electron chi connectivity index (χ0n) is 11.6. The molecule has 1 aliphatic heterocycles. The normalized spacial score (nSPS) is 22.6. The number of anilines is 1. The third-order valence-corrected chi connectivity index (χ3v) is 4.37. The highest BCUT2D eigenvalue weighted by Crippen LogP contribution is 2.39. The maximum atomic E-state index is 8.99. The lowest BCUT2D eigenvalue weighted by Gasteiger charge is -2.49. The molecule has 1 atom stereocenters. The molecule has 2 rings (SSSR count). The van der Waals surface area contributed by atoms with E-state index < -0.39 is 0 Å². The predicted octanol–water partition coefficient (Wildman–Crippen LogP) is 3.90. The Hall–Kier alpha value is -1.49. The SMILES string of the molecule is Cc1ccccc1N1CCCC(CC#N)C1(C)C. The molecule has 0 aliphatic carbocycles. The van der Waals surface area contributed by atoms with Crippen molar-refractivity contribution in [1.82, 2.24) is 0 Å². The van der Waals surface area contributed by atoms with Crippen LogP contribution in [0.5, 0.6) is 0 Å². The van der Waals surface area contributed by atoms with Crippen LogP contribution < -0.4 is 4.90 Å². The van der Waals surface area contributed by atoms with Gasteiger partial charge in [-0.25, -0.2) is 0 Å². The third kappa shape index (κ3) is 2.22. The highest BCUT2D eigenvalue weighted by Gasteiger charge is 2.38. The summed E-state index contributed by atoms with van der Waals surface area (Å²) in [6.07, 6.45) is 3.02. The monoisotopic (exact) mass is 242 g/mol. The Morgan fingerprint density at radius 1 is 1.39 bits per heavy atom. The molecule has 0 spiro atoms. The molecule has 0 radical (unpaired) electrons. The number of nitrogens with zero attached hydrogens (tertiary/aromatic N) is 2. The molecule has 0 saturated carbocycles. The molecule has 1 aromatic carbocycles. The van der Waals surface area contributed by atoms with Gasteiger partial charge in [0.25, 0.3) is 0 Å². The molecule has 96 valence electrons. The van der Waals surface area contributed by atoms with Crippen molar-refractivity contribution in [3.8, 4) is 6.07 Å². The molecule has 1 fully saturated rings. The van der Waals surface area contributed by atoms with Crippen LogP contribution in [0.2, 0.25) is 0 Å². The molecule has 2 nitrogen and oxygen atoms in total. The van der Waals surface area contributed by atoms with Crippen molar-refractivity contribution in [2.45, 2.75) is 45.6 Å². The lowest BCUT2D eigenvalue weighted by molar-refractivity contribution is 0.241. The maximum Gasteiger partial charge on any atom is 0.0625 e. The van der Waals surface area contributed by atoms with Crippen molar-refractivity contribution < 1.29 is 0 Å². The van der Waals surface area contributed by atoms with Crippen molar-refractivity contribution in [3.05, 3.63) is 29.8 Å². The van der Waals surface area contributed by atoms with Gasteiger partial charge >= 0.3 is 0 Å². The summed E-state index contributed by atoms with van der Waals surface area (Å²) in [5, 5.41) is 8.99. The van der Waals surface area contributed by atoms with E-state index >= 15 is 0 Å². The van der Waals surface area contributed by atoms with Gasteiger partial charge in [0, 0.05) is 24.2 Å². The minimum absolute atomic E-state index is 0.0695. The molecule has 0 N–H and O–H groups in total. The number of piperidine rings is 1. The fourth-order valence-electron chi connectivity index (χ4n) is 3.12. The molecule has 0 bridgehead atoms. The largest absolute Gasteiger partial charge is 0.366 e. The van der Waals surface area contributed by atoms with Crippen molar-refractivity contribution in [2.24, 2.45) is 5.92 Å². The fraction of sp³-hybridized carbons (Fsp3) is 0.562. The number of nitriles is 1. The summed E-state index contributed by atoms with van der Waals surface area (Å²) < 4.78 is 0. The first-order valence-electron chi connectivity index (χ1n) is 6.77. The quantitative estimate of drug-likeness (QED) is 0.786. The zero-order valence-corrected chi connectivity index (χ0v) is 11.6. The van der Waals surface area contributed by atoms with Crippen molar-refractivity contribution >= 4 is 5.69 Å². The molecule has 2 heteroatoms. The number of benzene rings is 1. The van der Waals surface area contributed by atoms with E-state index in [0.717, 1.165) is 6.54 Å². The van der Waals surface area contributed by atoms with Crippen LogP contribution >= 0.6 is 0 Å². The number of para-hydroxylation sites is 1. The van der Waals surface area contributed by atoms with Crippen LogP contribution in [-0.4, -0.2) is 12.1 Å². The Balaban J connectivity index is 2.33. The Labute approximate surface area is 110 Å². The van der Waals surface area contributed by atoms with Gasteiger partial charge in [-0.2, -0.15) is 5.26 Å². The second-order valence-electron chi connectivity index (χ2n) is 5.79. The van der Waals surface area contributed by atoms with Gasteiger partial charge in [0.1, 0.15) is 0 Å². The first-order valence-corrected chi connectivity index (χ1v) is 6.77. The maximum absolute atomic E-state index is 8.99. The van der Waals surface area contributed by atoms with Gasteiger partial charge < -0.3 is 4.90 Å². The second kappa shape index (κ2) is 5.02. The minimum atomic E-state index is 0.0695. The van der Waals surface area contributed by atoms with E-state index in [1.54, 1.807) is 0 Å². The van der Waals surface area contributed by atoms with Gasteiger partial charge in [-0.05, 0) is 51.2 Å². The van der Waals surface area contributed by atoms with Gasteiger partial charge in [0.2, 0.25) is 0 Å². The average Bonchev–Trinajstić information content (AvgIpc) is 2.33. The average molecular weight is 242 g/mol. The Morgan fingerprint density at radius 2 is 2.11 bits per heavy atom. The minimum Gasteiger partial charge on any atom is -0.366 e. The van der Waals surface area contributed by atoms with Crippen LogP contribution in [0.4, 0.5) is 5.69 Å².